The van der Waals surface area contributed by atoms with Crippen molar-refractivity contribution in [3.8, 4) is 0 Å². The largest absolute Gasteiger partial charge is 0.312 e. The van der Waals surface area contributed by atoms with Crippen LogP contribution in [0.15, 0.2) is 53.6 Å². The van der Waals surface area contributed by atoms with Crippen LogP contribution < -0.4 is 5.32 Å². The van der Waals surface area contributed by atoms with Crippen molar-refractivity contribution in [2.75, 3.05) is 13.3 Å². The molecule has 0 aliphatic rings. The molecule has 0 radical (unpaired) electrons. The van der Waals surface area contributed by atoms with Gasteiger partial charge in [-0.2, -0.15) is 0 Å². The molecule has 2 aromatic rings. The van der Waals surface area contributed by atoms with Gasteiger partial charge in [-0.05, 0) is 43.1 Å². The zero-order valence-corrected chi connectivity index (χ0v) is 12.4. The molecule has 0 spiro atoms. The van der Waals surface area contributed by atoms with Crippen LogP contribution in [0.1, 0.15) is 30.1 Å². The number of nitrogens with one attached hydrogen (secondary N) is 1. The molecule has 2 rings (SSSR count). The molecule has 0 amide bonds. The third kappa shape index (κ3) is 3.37. The van der Waals surface area contributed by atoms with Crippen LogP contribution in [-0.4, -0.2) is 18.3 Å². The van der Waals surface area contributed by atoms with Gasteiger partial charge in [-0.1, -0.05) is 25.1 Å². The Balaban J connectivity index is 2.23. The molecule has 0 aliphatic heterocycles. The van der Waals surface area contributed by atoms with Crippen LogP contribution in [0.5, 0.6) is 0 Å². The van der Waals surface area contributed by atoms with Crippen molar-refractivity contribution in [2.24, 2.45) is 0 Å². The van der Waals surface area contributed by atoms with Crippen LogP contribution in [0.25, 0.3) is 0 Å². The summed E-state index contributed by atoms with van der Waals surface area (Å²) in [6.07, 6.45) is 3.95. The number of aromatic nitrogens is 1. The second kappa shape index (κ2) is 6.73. The molecule has 3 heteroatoms. The van der Waals surface area contributed by atoms with Gasteiger partial charge in [0.15, 0.2) is 0 Å². The molecule has 100 valence electrons. The van der Waals surface area contributed by atoms with E-state index >= 15 is 0 Å². The number of likely N-dealkylation sites (N-methyl/N-ethyl adjacent to an activating group) is 1. The summed E-state index contributed by atoms with van der Waals surface area (Å²) >= 11 is 1.77. The highest BCUT2D eigenvalue weighted by molar-refractivity contribution is 7.98. The molecule has 0 saturated heterocycles. The summed E-state index contributed by atoms with van der Waals surface area (Å²) in [5.74, 6) is 0.339. The molecule has 1 N–H and O–H groups in total. The van der Waals surface area contributed by atoms with Crippen molar-refractivity contribution in [3.63, 3.8) is 0 Å². The number of hydrogen-bond donors (Lipinski definition) is 1. The second-order valence-corrected chi connectivity index (χ2v) is 5.46. The van der Waals surface area contributed by atoms with Crippen molar-refractivity contribution < 1.29 is 0 Å². The molecule has 1 aromatic carbocycles. The van der Waals surface area contributed by atoms with Crippen molar-refractivity contribution in [2.45, 2.75) is 23.8 Å². The molecule has 2 nitrogen and oxygen atoms in total. The van der Waals surface area contributed by atoms with E-state index < -0.39 is 0 Å². The Kier molecular flexibility index (Phi) is 5.00. The SMILES string of the molecule is CNC(c1ccc(SC)cc1)C(C)c1ccccn1. The summed E-state index contributed by atoms with van der Waals surface area (Å²) in [7, 11) is 2.01. The van der Waals surface area contributed by atoms with E-state index in [1.54, 1.807) is 11.8 Å². The van der Waals surface area contributed by atoms with Crippen LogP contribution in [0.2, 0.25) is 0 Å². The zero-order valence-electron chi connectivity index (χ0n) is 11.6. The van der Waals surface area contributed by atoms with E-state index in [1.165, 1.54) is 10.5 Å². The third-order valence-corrected chi connectivity index (χ3v) is 4.18. The molecule has 1 heterocycles. The van der Waals surface area contributed by atoms with E-state index in [9.17, 15) is 0 Å². The van der Waals surface area contributed by atoms with Gasteiger partial charge in [-0.25, -0.2) is 0 Å². The summed E-state index contributed by atoms with van der Waals surface area (Å²) in [6.45, 7) is 2.21. The lowest BCUT2D eigenvalue weighted by atomic mass is 9.91. The van der Waals surface area contributed by atoms with Crippen LogP contribution in [0.3, 0.4) is 0 Å². The second-order valence-electron chi connectivity index (χ2n) is 4.58. The maximum atomic E-state index is 4.46. The van der Waals surface area contributed by atoms with E-state index in [-0.39, 0.29) is 6.04 Å². The molecule has 2 unspecified atom stereocenters. The molecular formula is C16H20N2S. The van der Waals surface area contributed by atoms with Gasteiger partial charge in [0.2, 0.25) is 0 Å². The Bertz CT molecular complexity index is 496. The van der Waals surface area contributed by atoms with Gasteiger partial charge >= 0.3 is 0 Å². The van der Waals surface area contributed by atoms with E-state index in [4.69, 9.17) is 0 Å². The summed E-state index contributed by atoms with van der Waals surface area (Å²) in [4.78, 5) is 5.76. The number of thioether (sulfide) groups is 1. The number of pyridine rings is 1. The minimum absolute atomic E-state index is 0.283. The van der Waals surface area contributed by atoms with Gasteiger partial charge in [0.25, 0.3) is 0 Å². The first kappa shape index (κ1) is 14.1. The average Bonchev–Trinajstić information content (AvgIpc) is 2.49. The molecule has 0 saturated carbocycles. The predicted octanol–water partition coefficient (Wildman–Crippen LogP) is 3.87. The number of hydrogen-bond acceptors (Lipinski definition) is 3. The first-order valence-corrected chi connectivity index (χ1v) is 7.71. The van der Waals surface area contributed by atoms with Crippen molar-refractivity contribution in [3.05, 3.63) is 59.9 Å². The van der Waals surface area contributed by atoms with E-state index in [0.717, 1.165) is 5.69 Å². The molecule has 0 fully saturated rings. The molecule has 0 aliphatic carbocycles. The minimum Gasteiger partial charge on any atom is -0.312 e. The van der Waals surface area contributed by atoms with Crippen molar-refractivity contribution >= 4 is 11.8 Å². The molecule has 1 aromatic heterocycles. The average molecular weight is 272 g/mol. The van der Waals surface area contributed by atoms with Gasteiger partial charge < -0.3 is 5.32 Å². The summed E-state index contributed by atoms with van der Waals surface area (Å²) < 4.78 is 0. The quantitative estimate of drug-likeness (QED) is 0.836. The smallest absolute Gasteiger partial charge is 0.0450 e. The summed E-state index contributed by atoms with van der Waals surface area (Å²) in [5.41, 5.74) is 2.43. The Morgan fingerprint density at radius 3 is 2.37 bits per heavy atom. The van der Waals surface area contributed by atoms with E-state index in [1.807, 2.05) is 25.4 Å². The summed E-state index contributed by atoms with van der Waals surface area (Å²) in [5, 5.41) is 3.41. The van der Waals surface area contributed by atoms with Crippen LogP contribution in [-0.2, 0) is 0 Å². The fourth-order valence-corrected chi connectivity index (χ4v) is 2.74. The maximum Gasteiger partial charge on any atom is 0.0450 e. The number of nitrogens with zero attached hydrogens (tertiary/aromatic N) is 1. The normalized spacial score (nSPS) is 14.1. The van der Waals surface area contributed by atoms with Gasteiger partial charge in [0.1, 0.15) is 0 Å². The molecule has 2 atom stereocenters. The highest BCUT2D eigenvalue weighted by Gasteiger charge is 2.19. The maximum absolute atomic E-state index is 4.46. The highest BCUT2D eigenvalue weighted by Crippen LogP contribution is 2.30. The Hall–Kier alpha value is -1.32. The monoisotopic (exact) mass is 272 g/mol. The predicted molar refractivity (Wildman–Crippen MR) is 82.7 cm³/mol. The Morgan fingerprint density at radius 2 is 1.84 bits per heavy atom. The zero-order chi connectivity index (χ0) is 13.7. The molecule has 0 bridgehead atoms. The van der Waals surface area contributed by atoms with Gasteiger partial charge in [-0.3, -0.25) is 4.98 Å². The van der Waals surface area contributed by atoms with Gasteiger partial charge in [0, 0.05) is 28.7 Å². The summed E-state index contributed by atoms with van der Waals surface area (Å²) in [6, 6.07) is 15.1. The fraction of sp³-hybridized carbons (Fsp3) is 0.312. The lowest BCUT2D eigenvalue weighted by molar-refractivity contribution is 0.499. The molecule has 19 heavy (non-hydrogen) atoms. The third-order valence-electron chi connectivity index (χ3n) is 3.44. The van der Waals surface area contributed by atoms with Crippen LogP contribution in [0.4, 0.5) is 0 Å². The highest BCUT2D eigenvalue weighted by atomic mass is 32.2. The van der Waals surface area contributed by atoms with E-state index in [0.29, 0.717) is 5.92 Å². The Morgan fingerprint density at radius 1 is 1.11 bits per heavy atom. The minimum atomic E-state index is 0.283. The topological polar surface area (TPSA) is 24.9 Å². The first-order chi connectivity index (χ1) is 9.26. The fourth-order valence-electron chi connectivity index (χ4n) is 2.33. The van der Waals surface area contributed by atoms with E-state index in [2.05, 4.69) is 53.8 Å². The van der Waals surface area contributed by atoms with Gasteiger partial charge in [0.05, 0.1) is 0 Å². The number of benzene rings is 1. The lowest BCUT2D eigenvalue weighted by Gasteiger charge is -2.23. The van der Waals surface area contributed by atoms with Crippen molar-refractivity contribution in [1.29, 1.82) is 0 Å². The van der Waals surface area contributed by atoms with Crippen LogP contribution in [0, 0.1) is 0 Å². The lowest BCUT2D eigenvalue weighted by Crippen LogP contribution is -2.22. The van der Waals surface area contributed by atoms with Crippen LogP contribution >= 0.6 is 11.8 Å². The number of rotatable bonds is 5. The Labute approximate surface area is 119 Å². The van der Waals surface area contributed by atoms with Gasteiger partial charge in [-0.15, -0.1) is 11.8 Å². The first-order valence-electron chi connectivity index (χ1n) is 6.48. The standard InChI is InChI=1S/C16H20N2S/c1-12(15-6-4-5-11-18-15)16(17-2)13-7-9-14(19-3)10-8-13/h4-12,16-17H,1-3H3. The molecular weight excluding hydrogens is 252 g/mol. The van der Waals surface area contributed by atoms with Crippen molar-refractivity contribution in [1.82, 2.24) is 10.3 Å².